The SMILES string of the molecule is CCN(CC)CCOC[C@@]1(C)O[C@H]2O[C@@]3(C)CC[C@H]4[C@H](C)CCC1[C@@]24OO3. The number of likely N-dealkylation sites (N-methyl/N-ethyl adjacent to an activating group) is 1. The summed E-state index contributed by atoms with van der Waals surface area (Å²) in [6, 6.07) is 0. The van der Waals surface area contributed by atoms with E-state index in [1.165, 1.54) is 6.42 Å². The van der Waals surface area contributed by atoms with E-state index in [1.54, 1.807) is 0 Å². The van der Waals surface area contributed by atoms with Crippen LogP contribution in [-0.4, -0.2) is 61.0 Å². The van der Waals surface area contributed by atoms with Gasteiger partial charge in [0.25, 0.3) is 0 Å². The van der Waals surface area contributed by atoms with Crippen LogP contribution in [-0.2, 0) is 24.0 Å². The average molecular weight is 384 g/mol. The molecule has 6 nitrogen and oxygen atoms in total. The van der Waals surface area contributed by atoms with Crippen molar-refractivity contribution in [3.63, 3.8) is 0 Å². The second-order valence-corrected chi connectivity index (χ2v) is 9.37. The molecule has 0 amide bonds. The van der Waals surface area contributed by atoms with Crippen molar-refractivity contribution in [2.75, 3.05) is 32.8 Å². The van der Waals surface area contributed by atoms with Gasteiger partial charge in [-0.1, -0.05) is 20.8 Å². The van der Waals surface area contributed by atoms with Gasteiger partial charge in [-0.15, -0.1) is 0 Å². The third-order valence-corrected chi connectivity index (χ3v) is 7.67. The van der Waals surface area contributed by atoms with Crippen LogP contribution in [0.5, 0.6) is 0 Å². The van der Waals surface area contributed by atoms with Crippen molar-refractivity contribution in [2.45, 2.75) is 83.6 Å². The highest BCUT2D eigenvalue weighted by Crippen LogP contribution is 2.63. The van der Waals surface area contributed by atoms with E-state index in [0.717, 1.165) is 45.5 Å². The van der Waals surface area contributed by atoms with Crippen LogP contribution in [0, 0.1) is 17.8 Å². The van der Waals surface area contributed by atoms with E-state index in [2.05, 4.69) is 32.6 Å². The fraction of sp³-hybridized carbons (Fsp3) is 1.00. The third kappa shape index (κ3) is 3.17. The average Bonchev–Trinajstić information content (AvgIpc) is 2.73. The molecule has 4 aliphatic heterocycles. The first-order valence-electron chi connectivity index (χ1n) is 10.9. The lowest BCUT2D eigenvalue weighted by atomic mass is 9.60. The van der Waals surface area contributed by atoms with Gasteiger partial charge < -0.3 is 19.1 Å². The number of fused-ring (bicyclic) bond motifs is 2. The van der Waals surface area contributed by atoms with Gasteiger partial charge in [-0.25, -0.2) is 9.78 Å². The summed E-state index contributed by atoms with van der Waals surface area (Å²) in [5.41, 5.74) is -0.900. The number of hydrogen-bond donors (Lipinski definition) is 0. The van der Waals surface area contributed by atoms with Crippen molar-refractivity contribution in [3.05, 3.63) is 0 Å². The first-order chi connectivity index (χ1) is 12.9. The maximum absolute atomic E-state index is 6.58. The van der Waals surface area contributed by atoms with E-state index < -0.39 is 17.0 Å². The molecular weight excluding hydrogens is 346 g/mol. The van der Waals surface area contributed by atoms with Crippen LogP contribution in [0.15, 0.2) is 0 Å². The summed E-state index contributed by atoms with van der Waals surface area (Å²) in [4.78, 5) is 14.4. The Bertz CT molecular complexity index is 543. The first kappa shape index (κ1) is 20.0. The Hall–Kier alpha value is -0.240. The number of rotatable bonds is 7. The van der Waals surface area contributed by atoms with Crippen LogP contribution in [0.3, 0.4) is 0 Å². The molecule has 6 heteroatoms. The molecule has 0 aromatic heterocycles. The molecule has 2 bridgehead atoms. The Kier molecular flexibility index (Phi) is 5.36. The van der Waals surface area contributed by atoms with Crippen molar-refractivity contribution in [3.8, 4) is 0 Å². The highest BCUT2D eigenvalue weighted by atomic mass is 17.3. The van der Waals surface area contributed by atoms with Crippen molar-refractivity contribution in [1.29, 1.82) is 0 Å². The van der Waals surface area contributed by atoms with Gasteiger partial charge in [0.05, 0.1) is 18.8 Å². The minimum absolute atomic E-state index is 0.229. The monoisotopic (exact) mass is 383 g/mol. The van der Waals surface area contributed by atoms with E-state index in [9.17, 15) is 0 Å². The Labute approximate surface area is 163 Å². The van der Waals surface area contributed by atoms with Crippen LogP contribution in [0.25, 0.3) is 0 Å². The molecule has 5 aliphatic rings. The Morgan fingerprint density at radius 2 is 1.81 bits per heavy atom. The molecule has 0 N–H and O–H groups in total. The number of ether oxygens (including phenoxy) is 3. The van der Waals surface area contributed by atoms with Gasteiger partial charge in [-0.05, 0) is 58.0 Å². The zero-order valence-electron chi connectivity index (χ0n) is 17.7. The molecule has 4 heterocycles. The molecule has 27 heavy (non-hydrogen) atoms. The second kappa shape index (κ2) is 7.22. The summed E-state index contributed by atoms with van der Waals surface area (Å²) >= 11 is 0. The molecule has 1 spiro atoms. The summed E-state index contributed by atoms with van der Waals surface area (Å²) in [6.45, 7) is 15.2. The Morgan fingerprint density at radius 1 is 1.04 bits per heavy atom. The molecule has 7 atom stereocenters. The zero-order chi connectivity index (χ0) is 19.3. The number of nitrogens with zero attached hydrogens (tertiary/aromatic N) is 1. The van der Waals surface area contributed by atoms with Crippen LogP contribution in [0.2, 0.25) is 0 Å². The molecule has 1 aliphatic carbocycles. The van der Waals surface area contributed by atoms with Crippen molar-refractivity contribution in [2.24, 2.45) is 17.8 Å². The first-order valence-corrected chi connectivity index (χ1v) is 10.9. The van der Waals surface area contributed by atoms with Gasteiger partial charge in [-0.3, -0.25) is 0 Å². The summed E-state index contributed by atoms with van der Waals surface area (Å²) in [5, 5.41) is 0. The van der Waals surface area contributed by atoms with Crippen LogP contribution < -0.4 is 0 Å². The van der Waals surface area contributed by atoms with Crippen molar-refractivity contribution >= 4 is 0 Å². The fourth-order valence-electron chi connectivity index (χ4n) is 5.95. The molecule has 1 unspecified atom stereocenters. The van der Waals surface area contributed by atoms with Crippen molar-refractivity contribution in [1.82, 2.24) is 4.90 Å². The summed E-state index contributed by atoms with van der Waals surface area (Å²) in [5.74, 6) is 0.521. The van der Waals surface area contributed by atoms with E-state index in [1.807, 2.05) is 6.92 Å². The molecule has 0 radical (unpaired) electrons. The van der Waals surface area contributed by atoms with Gasteiger partial charge in [-0.2, -0.15) is 0 Å². The van der Waals surface area contributed by atoms with Gasteiger partial charge in [0.2, 0.25) is 5.79 Å². The highest BCUT2D eigenvalue weighted by Gasteiger charge is 2.73. The fourth-order valence-corrected chi connectivity index (χ4v) is 5.95. The number of hydrogen-bond acceptors (Lipinski definition) is 6. The van der Waals surface area contributed by atoms with Crippen LogP contribution in [0.1, 0.15) is 60.3 Å². The molecule has 5 fully saturated rings. The molecular formula is C21H37NO5. The minimum Gasteiger partial charge on any atom is -0.377 e. The molecule has 156 valence electrons. The molecule has 1 saturated carbocycles. The lowest BCUT2D eigenvalue weighted by Gasteiger charge is -2.50. The van der Waals surface area contributed by atoms with E-state index in [4.69, 9.17) is 24.0 Å². The lowest BCUT2D eigenvalue weighted by molar-refractivity contribution is -0.541. The van der Waals surface area contributed by atoms with E-state index in [0.29, 0.717) is 18.4 Å². The second-order valence-electron chi connectivity index (χ2n) is 9.37. The molecule has 0 aromatic rings. The predicted octanol–water partition coefficient (Wildman–Crippen LogP) is 3.35. The van der Waals surface area contributed by atoms with Gasteiger partial charge in [0.15, 0.2) is 11.9 Å². The minimum atomic E-state index is -0.702. The third-order valence-electron chi connectivity index (χ3n) is 7.67. The summed E-state index contributed by atoms with van der Waals surface area (Å²) in [7, 11) is 0. The largest absolute Gasteiger partial charge is 0.377 e. The summed E-state index contributed by atoms with van der Waals surface area (Å²) < 4.78 is 19.0. The normalized spacial score (nSPS) is 48.7. The molecule has 5 rings (SSSR count). The quantitative estimate of drug-likeness (QED) is 0.496. The maximum Gasteiger partial charge on any atom is 0.201 e. The maximum atomic E-state index is 6.58. The van der Waals surface area contributed by atoms with Crippen LogP contribution >= 0.6 is 0 Å². The lowest BCUT2D eigenvalue weighted by Crippen LogP contribution is -2.62. The van der Waals surface area contributed by atoms with Crippen LogP contribution in [0.4, 0.5) is 0 Å². The van der Waals surface area contributed by atoms with Crippen molar-refractivity contribution < 1.29 is 24.0 Å². The predicted molar refractivity (Wildman–Crippen MR) is 101 cm³/mol. The smallest absolute Gasteiger partial charge is 0.201 e. The zero-order valence-corrected chi connectivity index (χ0v) is 17.7. The van der Waals surface area contributed by atoms with E-state index in [-0.39, 0.29) is 12.2 Å². The molecule has 4 saturated heterocycles. The van der Waals surface area contributed by atoms with Gasteiger partial charge >= 0.3 is 0 Å². The van der Waals surface area contributed by atoms with Gasteiger partial charge in [0, 0.05) is 18.9 Å². The van der Waals surface area contributed by atoms with Gasteiger partial charge in [0.1, 0.15) is 0 Å². The Balaban J connectivity index is 1.50. The Morgan fingerprint density at radius 3 is 2.56 bits per heavy atom. The topological polar surface area (TPSA) is 49.4 Å². The summed E-state index contributed by atoms with van der Waals surface area (Å²) in [6.07, 6.45) is 3.81. The molecule has 0 aromatic carbocycles. The van der Waals surface area contributed by atoms with E-state index >= 15 is 0 Å². The highest BCUT2D eigenvalue weighted by molar-refractivity contribution is 5.15. The standard InChI is InChI=1S/C21H37NO5/c1-6-22(7-2)12-13-23-14-19(4)17-9-8-15(3)16-10-11-20(5)25-18(24-19)21(16,17)27-26-20/h15-18H,6-14H2,1-5H3/t15-,16+,17?,18+,19-,20-,21-/m1/s1.